The molecule has 2 aromatic rings. The zero-order valence-corrected chi connectivity index (χ0v) is 13.7. The van der Waals surface area contributed by atoms with Gasteiger partial charge in [0.05, 0.1) is 5.69 Å². The molecule has 0 saturated carbocycles. The van der Waals surface area contributed by atoms with Crippen molar-refractivity contribution in [3.8, 4) is 5.75 Å². The number of nitrogens with one attached hydrogen (secondary N) is 1. The van der Waals surface area contributed by atoms with E-state index in [2.05, 4.69) is 33.2 Å². The van der Waals surface area contributed by atoms with E-state index in [-0.39, 0.29) is 0 Å². The van der Waals surface area contributed by atoms with Crippen LogP contribution in [0.4, 0.5) is 0 Å². The molecule has 1 aromatic carbocycles. The Morgan fingerprint density at radius 2 is 2.16 bits per heavy atom. The molecule has 0 atom stereocenters. The average Bonchev–Trinajstić information content (AvgIpc) is 2.70. The molecule has 0 radical (unpaired) electrons. The Kier molecular flexibility index (Phi) is 4.96. The van der Waals surface area contributed by atoms with Crippen LogP contribution in [0.5, 0.6) is 5.75 Å². The SMILES string of the molecule is CNCc1cc(OCc2nc(C)c(C)s2)ccc1Br. The zero-order valence-electron chi connectivity index (χ0n) is 11.3. The second kappa shape index (κ2) is 6.50. The van der Waals surface area contributed by atoms with Gasteiger partial charge in [-0.2, -0.15) is 0 Å². The molecule has 0 unspecified atom stereocenters. The van der Waals surface area contributed by atoms with Crippen molar-refractivity contribution in [2.45, 2.75) is 27.0 Å². The maximum Gasteiger partial charge on any atom is 0.140 e. The molecule has 0 saturated heterocycles. The first-order valence-electron chi connectivity index (χ1n) is 6.09. The Morgan fingerprint density at radius 1 is 1.37 bits per heavy atom. The van der Waals surface area contributed by atoms with Crippen molar-refractivity contribution < 1.29 is 4.74 Å². The third kappa shape index (κ3) is 3.78. The molecule has 0 spiro atoms. The van der Waals surface area contributed by atoms with Crippen molar-refractivity contribution in [2.75, 3.05) is 7.05 Å². The third-order valence-corrected chi connectivity index (χ3v) is 4.64. The Labute approximate surface area is 126 Å². The highest BCUT2D eigenvalue weighted by Gasteiger charge is 2.06. The predicted molar refractivity (Wildman–Crippen MR) is 82.8 cm³/mol. The number of nitrogens with zero attached hydrogens (tertiary/aromatic N) is 1. The van der Waals surface area contributed by atoms with Crippen molar-refractivity contribution in [1.82, 2.24) is 10.3 Å². The van der Waals surface area contributed by atoms with Crippen LogP contribution in [-0.4, -0.2) is 12.0 Å². The molecule has 1 aromatic heterocycles. The van der Waals surface area contributed by atoms with Gasteiger partial charge in [-0.05, 0) is 44.7 Å². The van der Waals surface area contributed by atoms with E-state index in [4.69, 9.17) is 4.74 Å². The summed E-state index contributed by atoms with van der Waals surface area (Å²) >= 11 is 5.23. The number of aromatic nitrogens is 1. The number of hydrogen-bond acceptors (Lipinski definition) is 4. The lowest BCUT2D eigenvalue weighted by Crippen LogP contribution is -2.06. The minimum absolute atomic E-state index is 0.528. The average molecular weight is 341 g/mol. The molecule has 1 heterocycles. The van der Waals surface area contributed by atoms with Gasteiger partial charge in [-0.3, -0.25) is 0 Å². The van der Waals surface area contributed by atoms with Crippen LogP contribution in [0.25, 0.3) is 0 Å². The van der Waals surface area contributed by atoms with Crippen LogP contribution in [0.2, 0.25) is 0 Å². The highest BCUT2D eigenvalue weighted by molar-refractivity contribution is 9.10. The van der Waals surface area contributed by atoms with Crippen LogP contribution in [0.1, 0.15) is 21.1 Å². The number of ether oxygens (including phenoxy) is 1. The number of hydrogen-bond donors (Lipinski definition) is 1. The van der Waals surface area contributed by atoms with Crippen LogP contribution in [0.3, 0.4) is 0 Å². The van der Waals surface area contributed by atoms with Gasteiger partial charge in [0, 0.05) is 15.9 Å². The summed E-state index contributed by atoms with van der Waals surface area (Å²) < 4.78 is 6.89. The standard InChI is InChI=1S/C14H17BrN2OS/c1-9-10(2)19-14(17-9)8-18-12-4-5-13(15)11(6-12)7-16-3/h4-6,16H,7-8H2,1-3H3. The molecule has 3 nitrogen and oxygen atoms in total. The van der Waals surface area contributed by atoms with Crippen molar-refractivity contribution in [1.29, 1.82) is 0 Å². The van der Waals surface area contributed by atoms with Crippen LogP contribution in [-0.2, 0) is 13.2 Å². The monoisotopic (exact) mass is 340 g/mol. The molecule has 0 fully saturated rings. The normalized spacial score (nSPS) is 10.7. The summed E-state index contributed by atoms with van der Waals surface area (Å²) in [4.78, 5) is 5.73. The summed E-state index contributed by atoms with van der Waals surface area (Å²) in [7, 11) is 1.93. The summed E-state index contributed by atoms with van der Waals surface area (Å²) in [5.41, 5.74) is 2.28. The lowest BCUT2D eigenvalue weighted by atomic mass is 10.2. The Hall–Kier alpha value is -0.910. The number of benzene rings is 1. The van der Waals surface area contributed by atoms with Gasteiger partial charge in [0.25, 0.3) is 0 Å². The van der Waals surface area contributed by atoms with Crippen molar-refractivity contribution in [3.63, 3.8) is 0 Å². The number of thiazole rings is 1. The van der Waals surface area contributed by atoms with Crippen molar-refractivity contribution in [2.24, 2.45) is 0 Å². The zero-order chi connectivity index (χ0) is 13.8. The largest absolute Gasteiger partial charge is 0.486 e. The first-order chi connectivity index (χ1) is 9.10. The lowest BCUT2D eigenvalue weighted by molar-refractivity contribution is 0.305. The van der Waals surface area contributed by atoms with Gasteiger partial charge in [-0.25, -0.2) is 4.98 Å². The van der Waals surface area contributed by atoms with Gasteiger partial charge in [0.2, 0.25) is 0 Å². The Bertz CT molecular complexity index is 549. The molecule has 0 bridgehead atoms. The molecule has 0 aliphatic heterocycles. The van der Waals surface area contributed by atoms with Gasteiger partial charge >= 0.3 is 0 Å². The molecule has 0 aliphatic carbocycles. The minimum Gasteiger partial charge on any atom is -0.486 e. The van der Waals surface area contributed by atoms with E-state index < -0.39 is 0 Å². The van der Waals surface area contributed by atoms with Gasteiger partial charge in [-0.15, -0.1) is 11.3 Å². The number of rotatable bonds is 5. The van der Waals surface area contributed by atoms with Crippen LogP contribution < -0.4 is 10.1 Å². The third-order valence-electron chi connectivity index (χ3n) is 2.82. The first kappa shape index (κ1) is 14.5. The van der Waals surface area contributed by atoms with E-state index in [1.807, 2.05) is 32.2 Å². The minimum atomic E-state index is 0.528. The van der Waals surface area contributed by atoms with E-state index in [9.17, 15) is 0 Å². The van der Waals surface area contributed by atoms with Gasteiger partial charge in [-0.1, -0.05) is 15.9 Å². The second-order valence-electron chi connectivity index (χ2n) is 4.32. The summed E-state index contributed by atoms with van der Waals surface area (Å²) in [5.74, 6) is 0.874. The summed E-state index contributed by atoms with van der Waals surface area (Å²) in [6, 6.07) is 6.03. The van der Waals surface area contributed by atoms with E-state index in [1.165, 1.54) is 10.4 Å². The fourth-order valence-electron chi connectivity index (χ4n) is 1.71. The summed E-state index contributed by atoms with van der Waals surface area (Å²) in [6.07, 6.45) is 0. The van der Waals surface area contributed by atoms with E-state index in [0.717, 1.165) is 27.5 Å². The van der Waals surface area contributed by atoms with Gasteiger partial charge in [0.1, 0.15) is 17.4 Å². The molecule has 19 heavy (non-hydrogen) atoms. The fraction of sp³-hybridized carbons (Fsp3) is 0.357. The van der Waals surface area contributed by atoms with E-state index in [1.54, 1.807) is 11.3 Å². The van der Waals surface area contributed by atoms with Gasteiger partial charge < -0.3 is 10.1 Å². The molecule has 1 N–H and O–H groups in total. The molecule has 0 amide bonds. The highest BCUT2D eigenvalue weighted by atomic mass is 79.9. The Balaban J connectivity index is 2.05. The van der Waals surface area contributed by atoms with Crippen LogP contribution >= 0.6 is 27.3 Å². The van der Waals surface area contributed by atoms with Crippen LogP contribution in [0, 0.1) is 13.8 Å². The van der Waals surface area contributed by atoms with Crippen molar-refractivity contribution >= 4 is 27.3 Å². The molecule has 102 valence electrons. The molecular formula is C14H17BrN2OS. The fourth-order valence-corrected chi connectivity index (χ4v) is 2.95. The molecule has 0 aliphatic rings. The summed E-state index contributed by atoms with van der Waals surface area (Å²) in [5, 5.41) is 4.16. The smallest absolute Gasteiger partial charge is 0.140 e. The van der Waals surface area contributed by atoms with Crippen molar-refractivity contribution in [3.05, 3.63) is 43.8 Å². The number of aryl methyl sites for hydroxylation is 2. The lowest BCUT2D eigenvalue weighted by Gasteiger charge is -2.08. The second-order valence-corrected chi connectivity index (χ2v) is 6.46. The van der Waals surface area contributed by atoms with Crippen LogP contribution in [0.15, 0.2) is 22.7 Å². The topological polar surface area (TPSA) is 34.1 Å². The van der Waals surface area contributed by atoms with E-state index >= 15 is 0 Å². The van der Waals surface area contributed by atoms with E-state index in [0.29, 0.717) is 6.61 Å². The molecule has 2 rings (SSSR count). The molecular weight excluding hydrogens is 324 g/mol. The van der Waals surface area contributed by atoms with Gasteiger partial charge in [0.15, 0.2) is 0 Å². The highest BCUT2D eigenvalue weighted by Crippen LogP contribution is 2.24. The quantitative estimate of drug-likeness (QED) is 0.898. The maximum atomic E-state index is 5.80. The Morgan fingerprint density at radius 3 is 2.79 bits per heavy atom. The number of halogens is 1. The summed E-state index contributed by atoms with van der Waals surface area (Å²) in [6.45, 7) is 5.45. The predicted octanol–water partition coefficient (Wildman–Crippen LogP) is 3.82. The maximum absolute atomic E-state index is 5.80. The first-order valence-corrected chi connectivity index (χ1v) is 7.70. The molecule has 5 heteroatoms.